The molecule has 0 fully saturated rings. The van der Waals surface area contributed by atoms with E-state index in [-0.39, 0.29) is 0 Å². The van der Waals surface area contributed by atoms with Gasteiger partial charge < -0.3 is 4.74 Å². The summed E-state index contributed by atoms with van der Waals surface area (Å²) in [6.07, 6.45) is 0. The Balaban J connectivity index is 2.37. The molecule has 16 heavy (non-hydrogen) atoms. The quantitative estimate of drug-likeness (QED) is 0.554. The molecule has 3 heteroatoms. The third-order valence-electron chi connectivity index (χ3n) is 2.45. The van der Waals surface area contributed by atoms with Gasteiger partial charge in [0.2, 0.25) is 0 Å². The maximum absolute atomic E-state index is 5.34. The summed E-state index contributed by atoms with van der Waals surface area (Å²) in [7, 11) is 0.872. The average molecular weight is 254 g/mol. The van der Waals surface area contributed by atoms with Gasteiger partial charge in [0.15, 0.2) is 0 Å². The zero-order valence-corrected chi connectivity index (χ0v) is 12.6. The lowest BCUT2D eigenvalue weighted by Crippen LogP contribution is -2.19. The largest absolute Gasteiger partial charge is 0.496 e. The lowest BCUT2D eigenvalue weighted by Gasteiger charge is -2.15. The second-order valence-electron chi connectivity index (χ2n) is 5.18. The topological polar surface area (TPSA) is 9.23 Å². The fourth-order valence-electron chi connectivity index (χ4n) is 1.38. The Kier molecular flexibility index (Phi) is 5.42. The molecule has 0 aliphatic carbocycles. The first-order valence-electron chi connectivity index (χ1n) is 5.72. The van der Waals surface area contributed by atoms with E-state index in [0.29, 0.717) is 0 Å². The lowest BCUT2D eigenvalue weighted by atomic mass is 10.2. The molecule has 0 unspecified atom stereocenters. The number of thioether (sulfide) groups is 1. The third-order valence-corrected chi connectivity index (χ3v) is 5.57. The predicted octanol–water partition coefficient (Wildman–Crippen LogP) is 4.27. The second-order valence-corrected chi connectivity index (χ2v) is 11.9. The fourth-order valence-corrected chi connectivity index (χ4v) is 5.01. The maximum Gasteiger partial charge on any atom is 0.122 e. The highest BCUT2D eigenvalue weighted by atomic mass is 32.2. The molecule has 1 rings (SSSR count). The van der Waals surface area contributed by atoms with Gasteiger partial charge in [-0.1, -0.05) is 37.8 Å². The maximum atomic E-state index is 5.34. The van der Waals surface area contributed by atoms with Gasteiger partial charge in [-0.25, -0.2) is 0 Å². The number of methoxy groups -OCH3 is 1. The predicted molar refractivity (Wildman–Crippen MR) is 77.3 cm³/mol. The van der Waals surface area contributed by atoms with Crippen molar-refractivity contribution in [2.75, 3.05) is 12.9 Å². The molecule has 0 saturated carbocycles. The molecule has 90 valence electrons. The van der Waals surface area contributed by atoms with Gasteiger partial charge in [0.25, 0.3) is 0 Å². The van der Waals surface area contributed by atoms with Crippen molar-refractivity contribution >= 4 is 19.8 Å². The van der Waals surface area contributed by atoms with Gasteiger partial charge in [0.05, 0.1) is 7.11 Å². The molecule has 0 bridgehead atoms. The Morgan fingerprint density at radius 2 is 1.88 bits per heavy atom. The highest BCUT2D eigenvalue weighted by Crippen LogP contribution is 2.24. The minimum absolute atomic E-state index is 0.869. The number of hydrogen-bond acceptors (Lipinski definition) is 2. The molecule has 0 atom stereocenters. The molecule has 0 heterocycles. The van der Waals surface area contributed by atoms with E-state index >= 15 is 0 Å². The van der Waals surface area contributed by atoms with Crippen molar-refractivity contribution in [3.8, 4) is 5.75 Å². The summed E-state index contributed by atoms with van der Waals surface area (Å²) in [5, 5.41) is 0. The van der Waals surface area contributed by atoms with Gasteiger partial charge in [0.1, 0.15) is 5.75 Å². The summed E-state index contributed by atoms with van der Waals surface area (Å²) < 4.78 is 5.34. The second kappa shape index (κ2) is 6.35. The van der Waals surface area contributed by atoms with E-state index in [0.717, 1.165) is 11.5 Å². The normalized spacial score (nSPS) is 11.5. The molecule has 0 aliphatic heterocycles. The van der Waals surface area contributed by atoms with E-state index in [1.807, 2.05) is 23.9 Å². The standard InChI is InChI=1S/C13H22OSSi/c1-14-13-8-6-5-7-12(13)11-15-9-10-16(2,3)4/h5-8H,9-11H2,1-4H3. The molecule has 0 N–H and O–H groups in total. The minimum Gasteiger partial charge on any atom is -0.496 e. The molecular weight excluding hydrogens is 232 g/mol. The SMILES string of the molecule is COc1ccccc1CSCC[Si](C)(C)C. The van der Waals surface area contributed by atoms with Crippen molar-refractivity contribution in [2.24, 2.45) is 0 Å². The first kappa shape index (κ1) is 13.7. The molecular formula is C13H22OSSi. The Bertz CT molecular complexity index is 320. The monoisotopic (exact) mass is 254 g/mol. The van der Waals surface area contributed by atoms with E-state index in [9.17, 15) is 0 Å². The minimum atomic E-state index is -0.869. The summed E-state index contributed by atoms with van der Waals surface area (Å²) in [6, 6.07) is 9.69. The smallest absolute Gasteiger partial charge is 0.122 e. The van der Waals surface area contributed by atoms with Gasteiger partial charge in [-0.3, -0.25) is 0 Å². The Hall–Kier alpha value is -0.413. The van der Waals surface area contributed by atoms with Crippen LogP contribution in [-0.2, 0) is 5.75 Å². The number of ether oxygens (including phenoxy) is 1. The van der Waals surface area contributed by atoms with Crippen LogP contribution >= 0.6 is 11.8 Å². The Morgan fingerprint density at radius 1 is 1.19 bits per heavy atom. The van der Waals surface area contributed by atoms with Crippen LogP contribution in [0.1, 0.15) is 5.56 Å². The van der Waals surface area contributed by atoms with Crippen molar-refractivity contribution in [1.29, 1.82) is 0 Å². The molecule has 0 radical (unpaired) electrons. The van der Waals surface area contributed by atoms with Crippen LogP contribution in [-0.4, -0.2) is 20.9 Å². The van der Waals surface area contributed by atoms with E-state index in [1.165, 1.54) is 17.4 Å². The van der Waals surface area contributed by atoms with Crippen molar-refractivity contribution in [2.45, 2.75) is 31.4 Å². The van der Waals surface area contributed by atoms with Gasteiger partial charge in [-0.2, -0.15) is 11.8 Å². The first-order valence-corrected chi connectivity index (χ1v) is 10.6. The van der Waals surface area contributed by atoms with Crippen molar-refractivity contribution in [3.63, 3.8) is 0 Å². The Morgan fingerprint density at radius 3 is 2.50 bits per heavy atom. The average Bonchev–Trinajstić information content (AvgIpc) is 2.23. The summed E-state index contributed by atoms with van der Waals surface area (Å²) in [6.45, 7) is 7.28. The summed E-state index contributed by atoms with van der Waals surface area (Å²) in [5.41, 5.74) is 1.31. The van der Waals surface area contributed by atoms with Crippen molar-refractivity contribution in [1.82, 2.24) is 0 Å². The van der Waals surface area contributed by atoms with Gasteiger partial charge in [0, 0.05) is 19.4 Å². The first-order chi connectivity index (χ1) is 7.53. The molecule has 0 spiro atoms. The van der Waals surface area contributed by atoms with Crippen LogP contribution in [0.4, 0.5) is 0 Å². The highest BCUT2D eigenvalue weighted by Gasteiger charge is 2.12. The highest BCUT2D eigenvalue weighted by molar-refractivity contribution is 7.98. The van der Waals surface area contributed by atoms with Crippen LogP contribution in [0.25, 0.3) is 0 Å². The molecule has 1 aromatic carbocycles. The number of para-hydroxylation sites is 1. The van der Waals surface area contributed by atoms with Gasteiger partial charge >= 0.3 is 0 Å². The van der Waals surface area contributed by atoms with E-state index in [4.69, 9.17) is 4.74 Å². The zero-order valence-electron chi connectivity index (χ0n) is 10.7. The van der Waals surface area contributed by atoms with Crippen LogP contribution in [0, 0.1) is 0 Å². The van der Waals surface area contributed by atoms with Crippen molar-refractivity contribution in [3.05, 3.63) is 29.8 Å². The third kappa shape index (κ3) is 5.08. The zero-order chi connectivity index (χ0) is 12.0. The van der Waals surface area contributed by atoms with E-state index < -0.39 is 8.07 Å². The summed E-state index contributed by atoms with van der Waals surface area (Å²) in [5.74, 6) is 3.35. The Labute approximate surface area is 105 Å². The van der Waals surface area contributed by atoms with E-state index in [2.05, 4.69) is 31.8 Å². The molecule has 1 aromatic rings. The van der Waals surface area contributed by atoms with Gasteiger partial charge in [-0.15, -0.1) is 0 Å². The number of hydrogen-bond donors (Lipinski definition) is 0. The lowest BCUT2D eigenvalue weighted by molar-refractivity contribution is 0.411. The van der Waals surface area contributed by atoms with Crippen LogP contribution in [0.3, 0.4) is 0 Å². The molecule has 1 nitrogen and oxygen atoms in total. The number of benzene rings is 1. The molecule has 0 aromatic heterocycles. The molecule has 0 amide bonds. The number of rotatable bonds is 6. The fraction of sp³-hybridized carbons (Fsp3) is 0.538. The molecule has 0 aliphatic rings. The summed E-state index contributed by atoms with van der Waals surface area (Å²) in [4.78, 5) is 0. The van der Waals surface area contributed by atoms with Crippen LogP contribution in [0.2, 0.25) is 25.7 Å². The van der Waals surface area contributed by atoms with Crippen molar-refractivity contribution < 1.29 is 4.74 Å². The van der Waals surface area contributed by atoms with Gasteiger partial charge in [-0.05, 0) is 17.9 Å². The van der Waals surface area contributed by atoms with Crippen LogP contribution in [0.5, 0.6) is 5.75 Å². The van der Waals surface area contributed by atoms with E-state index in [1.54, 1.807) is 7.11 Å². The molecule has 0 saturated heterocycles. The summed E-state index contributed by atoms with van der Waals surface area (Å²) >= 11 is 2.02. The van der Waals surface area contributed by atoms with Crippen LogP contribution < -0.4 is 4.74 Å². The van der Waals surface area contributed by atoms with Crippen LogP contribution in [0.15, 0.2) is 24.3 Å².